The van der Waals surface area contributed by atoms with Crippen LogP contribution >= 0.6 is 0 Å². The molecule has 0 unspecified atom stereocenters. The van der Waals surface area contributed by atoms with Crippen molar-refractivity contribution in [2.75, 3.05) is 7.11 Å². The molecule has 0 fully saturated rings. The molecule has 7 nitrogen and oxygen atoms in total. The molecule has 0 atom stereocenters. The molecule has 8 heteroatoms. The van der Waals surface area contributed by atoms with Crippen LogP contribution < -0.4 is 4.74 Å². The van der Waals surface area contributed by atoms with Crippen molar-refractivity contribution in [3.63, 3.8) is 0 Å². The van der Waals surface area contributed by atoms with E-state index in [1.54, 1.807) is 0 Å². The molecule has 0 aliphatic carbocycles. The van der Waals surface area contributed by atoms with Crippen LogP contribution in [0.5, 0.6) is 5.75 Å². The molecule has 0 aliphatic heterocycles. The molecule has 0 aliphatic rings. The molecule has 1 aromatic carbocycles. The van der Waals surface area contributed by atoms with Crippen molar-refractivity contribution in [1.82, 2.24) is 5.16 Å². The molecule has 0 spiro atoms. The lowest BCUT2D eigenvalue weighted by Gasteiger charge is -2.08. The van der Waals surface area contributed by atoms with Gasteiger partial charge >= 0.3 is 5.97 Å². The summed E-state index contributed by atoms with van der Waals surface area (Å²) in [6.07, 6.45) is 2.51. The Morgan fingerprint density at radius 3 is 2.75 bits per heavy atom. The molecular formula is C12H11NO6S. The average molecular weight is 297 g/mol. The van der Waals surface area contributed by atoms with Crippen LogP contribution in [0.25, 0.3) is 0 Å². The standard InChI is InChI=1S/C12H11NO6S/c1-18-11-3-2-9(4-10(11)12(14)15)20(16,17)7-8-5-13-19-6-8/h2-6H,7H2,1H3,(H,14,15). The van der Waals surface area contributed by atoms with Crippen LogP contribution in [0, 0.1) is 0 Å². The van der Waals surface area contributed by atoms with Crippen molar-refractivity contribution in [2.45, 2.75) is 10.6 Å². The molecule has 0 saturated heterocycles. The maximum absolute atomic E-state index is 12.2. The fourth-order valence-electron chi connectivity index (χ4n) is 1.65. The predicted molar refractivity (Wildman–Crippen MR) is 67.3 cm³/mol. The number of methoxy groups -OCH3 is 1. The van der Waals surface area contributed by atoms with Gasteiger partial charge in [-0.3, -0.25) is 0 Å². The smallest absolute Gasteiger partial charge is 0.339 e. The number of rotatable bonds is 5. The number of benzene rings is 1. The summed E-state index contributed by atoms with van der Waals surface area (Å²) in [7, 11) is -2.37. The van der Waals surface area contributed by atoms with E-state index in [0.29, 0.717) is 5.56 Å². The molecule has 1 N–H and O–H groups in total. The topological polar surface area (TPSA) is 107 Å². The lowest BCUT2D eigenvalue weighted by Crippen LogP contribution is -2.07. The minimum Gasteiger partial charge on any atom is -0.496 e. The van der Waals surface area contributed by atoms with E-state index in [2.05, 4.69) is 9.68 Å². The van der Waals surface area contributed by atoms with Crippen LogP contribution in [0.1, 0.15) is 15.9 Å². The second-order valence-corrected chi connectivity index (χ2v) is 5.95. The SMILES string of the molecule is COc1ccc(S(=O)(=O)Cc2cnoc2)cc1C(=O)O. The molecule has 106 valence electrons. The first-order valence-corrected chi connectivity index (χ1v) is 7.11. The van der Waals surface area contributed by atoms with Crippen LogP contribution in [-0.2, 0) is 15.6 Å². The third kappa shape index (κ3) is 2.80. The van der Waals surface area contributed by atoms with Gasteiger partial charge in [-0.25, -0.2) is 13.2 Å². The minimum absolute atomic E-state index is 0.0985. The Hall–Kier alpha value is -2.35. The van der Waals surface area contributed by atoms with Gasteiger partial charge in [0.25, 0.3) is 0 Å². The van der Waals surface area contributed by atoms with E-state index < -0.39 is 15.8 Å². The number of hydrogen-bond acceptors (Lipinski definition) is 6. The number of carboxylic acids is 1. The summed E-state index contributed by atoms with van der Waals surface area (Å²) in [5, 5.41) is 12.5. The third-order valence-electron chi connectivity index (χ3n) is 2.60. The average Bonchev–Trinajstić information content (AvgIpc) is 2.89. The molecule has 20 heavy (non-hydrogen) atoms. The van der Waals surface area contributed by atoms with Crippen molar-refractivity contribution in [2.24, 2.45) is 0 Å². The maximum Gasteiger partial charge on any atom is 0.339 e. The number of nitrogens with zero attached hydrogens (tertiary/aromatic N) is 1. The molecule has 1 heterocycles. The summed E-state index contributed by atoms with van der Waals surface area (Å²) in [6.45, 7) is 0. The number of carboxylic acid groups (broad SMARTS) is 1. The van der Waals surface area contributed by atoms with E-state index in [4.69, 9.17) is 9.84 Å². The van der Waals surface area contributed by atoms with E-state index in [1.807, 2.05) is 0 Å². The zero-order valence-corrected chi connectivity index (χ0v) is 11.3. The van der Waals surface area contributed by atoms with E-state index >= 15 is 0 Å². The first-order chi connectivity index (χ1) is 9.44. The Bertz CT molecular complexity index is 720. The largest absolute Gasteiger partial charge is 0.496 e. The van der Waals surface area contributed by atoms with Crippen LogP contribution in [-0.4, -0.2) is 31.8 Å². The lowest BCUT2D eigenvalue weighted by molar-refractivity contribution is 0.0693. The molecule has 0 radical (unpaired) electrons. The Labute approximate surface area is 114 Å². The molecular weight excluding hydrogens is 286 g/mol. The highest BCUT2D eigenvalue weighted by Gasteiger charge is 2.20. The second-order valence-electron chi connectivity index (χ2n) is 3.96. The van der Waals surface area contributed by atoms with E-state index in [-0.39, 0.29) is 22.0 Å². The lowest BCUT2D eigenvalue weighted by atomic mass is 10.2. The first kappa shape index (κ1) is 14.1. The second kappa shape index (κ2) is 5.33. The molecule has 1 aromatic heterocycles. The summed E-state index contributed by atoms with van der Waals surface area (Å²) in [6, 6.07) is 3.68. The van der Waals surface area contributed by atoms with Gasteiger partial charge in [0.2, 0.25) is 0 Å². The van der Waals surface area contributed by atoms with Crippen molar-refractivity contribution in [3.8, 4) is 5.75 Å². The van der Waals surface area contributed by atoms with Gasteiger partial charge in [-0.1, -0.05) is 5.16 Å². The summed E-state index contributed by atoms with van der Waals surface area (Å²) < 4.78 is 33.8. The number of sulfone groups is 1. The van der Waals surface area contributed by atoms with Crippen LogP contribution in [0.3, 0.4) is 0 Å². The minimum atomic E-state index is -3.68. The van der Waals surface area contributed by atoms with Crippen molar-refractivity contribution in [1.29, 1.82) is 0 Å². The quantitative estimate of drug-likeness (QED) is 0.887. The molecule has 2 aromatic rings. The summed E-state index contributed by atoms with van der Waals surface area (Å²) in [5.41, 5.74) is 0.177. The van der Waals surface area contributed by atoms with Gasteiger partial charge in [0.15, 0.2) is 9.84 Å². The van der Waals surface area contributed by atoms with E-state index in [9.17, 15) is 13.2 Å². The van der Waals surface area contributed by atoms with Crippen LogP contribution in [0.2, 0.25) is 0 Å². The van der Waals surface area contributed by atoms with Crippen molar-refractivity contribution < 1.29 is 27.6 Å². The fourth-order valence-corrected chi connectivity index (χ4v) is 2.97. The number of aromatic carboxylic acids is 1. The van der Waals surface area contributed by atoms with E-state index in [1.165, 1.54) is 31.7 Å². The van der Waals surface area contributed by atoms with Gasteiger partial charge in [0.05, 0.1) is 24.0 Å². The van der Waals surface area contributed by atoms with E-state index in [0.717, 1.165) is 6.07 Å². The van der Waals surface area contributed by atoms with Gasteiger partial charge in [0, 0.05) is 5.56 Å². The summed E-state index contributed by atoms with van der Waals surface area (Å²) >= 11 is 0. The highest BCUT2D eigenvalue weighted by molar-refractivity contribution is 7.90. The molecule has 2 rings (SSSR count). The number of aromatic nitrogens is 1. The number of carbonyl (C=O) groups is 1. The Morgan fingerprint density at radius 1 is 1.45 bits per heavy atom. The zero-order valence-electron chi connectivity index (χ0n) is 10.4. The monoisotopic (exact) mass is 297 g/mol. The summed E-state index contributed by atoms with van der Waals surface area (Å²) in [4.78, 5) is 11.0. The van der Waals surface area contributed by atoms with Gasteiger partial charge in [-0.15, -0.1) is 0 Å². The van der Waals surface area contributed by atoms with Crippen LogP contribution in [0.4, 0.5) is 0 Å². The van der Waals surface area contributed by atoms with Gasteiger partial charge < -0.3 is 14.4 Å². The van der Waals surface area contributed by atoms with Crippen molar-refractivity contribution in [3.05, 3.63) is 41.8 Å². The first-order valence-electron chi connectivity index (χ1n) is 5.46. The highest BCUT2D eigenvalue weighted by Crippen LogP contribution is 2.24. The van der Waals surface area contributed by atoms with Crippen molar-refractivity contribution >= 4 is 15.8 Å². The Morgan fingerprint density at radius 2 is 2.20 bits per heavy atom. The normalized spacial score (nSPS) is 11.2. The van der Waals surface area contributed by atoms with Gasteiger partial charge in [0.1, 0.15) is 17.6 Å². The predicted octanol–water partition coefficient (Wildman–Crippen LogP) is 1.36. The van der Waals surface area contributed by atoms with Gasteiger partial charge in [-0.05, 0) is 18.2 Å². The highest BCUT2D eigenvalue weighted by atomic mass is 32.2. The zero-order chi connectivity index (χ0) is 14.8. The number of ether oxygens (including phenoxy) is 1. The fraction of sp³-hybridized carbons (Fsp3) is 0.167. The van der Waals surface area contributed by atoms with Crippen LogP contribution in [0.15, 0.2) is 40.1 Å². The van der Waals surface area contributed by atoms with Gasteiger partial charge in [-0.2, -0.15) is 0 Å². The molecule has 0 bridgehead atoms. The molecule has 0 saturated carbocycles. The number of hydrogen-bond donors (Lipinski definition) is 1. The Balaban J connectivity index is 2.42. The Kier molecular flexibility index (Phi) is 3.75. The molecule has 0 amide bonds. The third-order valence-corrected chi connectivity index (χ3v) is 4.29. The maximum atomic E-state index is 12.2. The summed E-state index contributed by atoms with van der Waals surface area (Å²) in [5.74, 6) is -1.48.